The van der Waals surface area contributed by atoms with Crippen LogP contribution in [-0.2, 0) is 9.53 Å². The molecule has 7 heteroatoms. The Kier molecular flexibility index (Phi) is 5.74. The predicted octanol–water partition coefficient (Wildman–Crippen LogP) is 1.14. The van der Waals surface area contributed by atoms with Gasteiger partial charge >= 0.3 is 6.03 Å². The third-order valence-corrected chi connectivity index (χ3v) is 3.07. The molecule has 0 spiro atoms. The van der Waals surface area contributed by atoms with Crippen LogP contribution in [0.2, 0.25) is 0 Å². The van der Waals surface area contributed by atoms with E-state index in [0.717, 1.165) is 6.54 Å². The van der Waals surface area contributed by atoms with Crippen LogP contribution >= 0.6 is 0 Å². The molecule has 7 nitrogen and oxygen atoms in total. The molecule has 3 amide bonds. The summed E-state index contributed by atoms with van der Waals surface area (Å²) in [5.41, 5.74) is 1.08. The van der Waals surface area contributed by atoms with Crippen molar-refractivity contribution in [3.05, 3.63) is 24.3 Å². The second-order valence-electron chi connectivity index (χ2n) is 5.35. The number of carbonyl (C=O) groups excluding carboxylic acids is 2. The lowest BCUT2D eigenvalue weighted by Crippen LogP contribution is -2.45. The molecule has 0 radical (unpaired) electrons. The summed E-state index contributed by atoms with van der Waals surface area (Å²) < 4.78 is 5.41. The van der Waals surface area contributed by atoms with Crippen molar-refractivity contribution in [3.63, 3.8) is 0 Å². The van der Waals surface area contributed by atoms with Crippen molar-refractivity contribution < 1.29 is 14.3 Å². The standard InChI is InChI=1S/C15H22N4O3/c1-10(2)17-15(21)19-12-6-4-3-5-11(12)18-14(20)13-9-16-7-8-22-13/h3-6,10,13,16H,7-9H2,1-2H3,(H,18,20)(H2,17,19,21). The summed E-state index contributed by atoms with van der Waals surface area (Å²) in [6.07, 6.45) is -0.522. The maximum atomic E-state index is 12.2. The first-order valence-corrected chi connectivity index (χ1v) is 7.36. The molecule has 1 aliphatic rings. The molecular formula is C15H22N4O3. The Bertz CT molecular complexity index is 527. The van der Waals surface area contributed by atoms with Gasteiger partial charge in [0.1, 0.15) is 6.10 Å². The number of morpholine rings is 1. The number of nitrogens with one attached hydrogen (secondary N) is 4. The van der Waals surface area contributed by atoms with Gasteiger partial charge in [-0.1, -0.05) is 12.1 Å². The molecule has 120 valence electrons. The molecule has 2 rings (SSSR count). The molecular weight excluding hydrogens is 284 g/mol. The van der Waals surface area contributed by atoms with Crippen molar-refractivity contribution in [3.8, 4) is 0 Å². The Hall–Kier alpha value is -2.12. The number of carbonyl (C=O) groups is 2. The van der Waals surface area contributed by atoms with Gasteiger partial charge in [-0.3, -0.25) is 4.79 Å². The number of rotatable bonds is 4. The van der Waals surface area contributed by atoms with Crippen LogP contribution in [0, 0.1) is 0 Å². The average Bonchev–Trinajstić information content (AvgIpc) is 2.49. The van der Waals surface area contributed by atoms with E-state index in [1.54, 1.807) is 24.3 Å². The molecule has 1 aromatic carbocycles. The van der Waals surface area contributed by atoms with Gasteiger partial charge in [0.25, 0.3) is 5.91 Å². The maximum Gasteiger partial charge on any atom is 0.319 e. The number of para-hydroxylation sites is 2. The lowest BCUT2D eigenvalue weighted by atomic mass is 10.2. The van der Waals surface area contributed by atoms with Gasteiger partial charge in [-0.2, -0.15) is 0 Å². The summed E-state index contributed by atoms with van der Waals surface area (Å²) in [7, 11) is 0. The van der Waals surface area contributed by atoms with Gasteiger partial charge in [0.2, 0.25) is 0 Å². The first kappa shape index (κ1) is 16.3. The number of ether oxygens (including phenoxy) is 1. The minimum Gasteiger partial charge on any atom is -0.366 e. The van der Waals surface area contributed by atoms with Gasteiger partial charge in [-0.15, -0.1) is 0 Å². The van der Waals surface area contributed by atoms with Crippen molar-refractivity contribution >= 4 is 23.3 Å². The highest BCUT2D eigenvalue weighted by molar-refractivity contribution is 6.00. The average molecular weight is 306 g/mol. The van der Waals surface area contributed by atoms with Crippen molar-refractivity contribution in [2.45, 2.75) is 26.0 Å². The molecule has 0 aliphatic carbocycles. The van der Waals surface area contributed by atoms with E-state index < -0.39 is 6.10 Å². The van der Waals surface area contributed by atoms with Crippen LogP contribution < -0.4 is 21.3 Å². The molecule has 0 bridgehead atoms. The summed E-state index contributed by atoms with van der Waals surface area (Å²) in [6.45, 7) is 5.49. The second kappa shape index (κ2) is 7.77. The molecule has 0 saturated carbocycles. The molecule has 1 aromatic rings. The normalized spacial score (nSPS) is 17.9. The van der Waals surface area contributed by atoms with E-state index in [1.165, 1.54) is 0 Å². The van der Waals surface area contributed by atoms with Crippen molar-refractivity contribution in [1.29, 1.82) is 0 Å². The second-order valence-corrected chi connectivity index (χ2v) is 5.35. The van der Waals surface area contributed by atoms with Gasteiger partial charge < -0.3 is 26.0 Å². The predicted molar refractivity (Wildman–Crippen MR) is 85.0 cm³/mol. The van der Waals surface area contributed by atoms with Gasteiger partial charge in [0.15, 0.2) is 0 Å². The Morgan fingerprint density at radius 1 is 1.23 bits per heavy atom. The van der Waals surface area contributed by atoms with Crippen molar-refractivity contribution in [2.24, 2.45) is 0 Å². The highest BCUT2D eigenvalue weighted by Crippen LogP contribution is 2.21. The zero-order valence-corrected chi connectivity index (χ0v) is 12.8. The third kappa shape index (κ3) is 4.71. The Labute approximate surface area is 129 Å². The summed E-state index contributed by atoms with van der Waals surface area (Å²) in [5.74, 6) is -0.231. The first-order chi connectivity index (χ1) is 10.6. The summed E-state index contributed by atoms with van der Waals surface area (Å²) >= 11 is 0. The molecule has 1 heterocycles. The Morgan fingerprint density at radius 2 is 1.91 bits per heavy atom. The van der Waals surface area contributed by atoms with Crippen molar-refractivity contribution in [2.75, 3.05) is 30.3 Å². The SMILES string of the molecule is CC(C)NC(=O)Nc1ccccc1NC(=O)C1CNCCO1. The highest BCUT2D eigenvalue weighted by atomic mass is 16.5. The zero-order chi connectivity index (χ0) is 15.9. The van der Waals surface area contributed by atoms with Gasteiger partial charge in [-0.05, 0) is 26.0 Å². The zero-order valence-electron chi connectivity index (χ0n) is 12.8. The molecule has 1 unspecified atom stereocenters. The number of urea groups is 1. The monoisotopic (exact) mass is 306 g/mol. The van der Waals surface area contributed by atoms with E-state index in [1.807, 2.05) is 13.8 Å². The lowest BCUT2D eigenvalue weighted by Gasteiger charge is -2.23. The minimum absolute atomic E-state index is 0.0310. The summed E-state index contributed by atoms with van der Waals surface area (Å²) in [4.78, 5) is 24.0. The van der Waals surface area contributed by atoms with Crippen LogP contribution in [0.3, 0.4) is 0 Å². The number of anilines is 2. The van der Waals surface area contributed by atoms with E-state index >= 15 is 0 Å². The first-order valence-electron chi connectivity index (χ1n) is 7.36. The van der Waals surface area contributed by atoms with Gasteiger partial charge in [0.05, 0.1) is 18.0 Å². The molecule has 1 fully saturated rings. The number of hydrogen-bond donors (Lipinski definition) is 4. The highest BCUT2D eigenvalue weighted by Gasteiger charge is 2.22. The van der Waals surface area contributed by atoms with Crippen LogP contribution in [0.15, 0.2) is 24.3 Å². The Morgan fingerprint density at radius 3 is 2.50 bits per heavy atom. The quantitative estimate of drug-likeness (QED) is 0.671. The van der Waals surface area contributed by atoms with E-state index in [0.29, 0.717) is 24.5 Å². The molecule has 1 atom stereocenters. The topological polar surface area (TPSA) is 91.5 Å². The molecule has 0 aromatic heterocycles. The fraction of sp³-hybridized carbons (Fsp3) is 0.467. The Balaban J connectivity index is 2.01. The fourth-order valence-corrected chi connectivity index (χ4v) is 2.07. The van der Waals surface area contributed by atoms with E-state index in [2.05, 4.69) is 21.3 Å². The fourth-order valence-electron chi connectivity index (χ4n) is 2.07. The lowest BCUT2D eigenvalue weighted by molar-refractivity contribution is -0.128. The number of amides is 3. The minimum atomic E-state index is -0.522. The van der Waals surface area contributed by atoms with Crippen LogP contribution in [0.25, 0.3) is 0 Å². The molecule has 1 saturated heterocycles. The number of hydrogen-bond acceptors (Lipinski definition) is 4. The summed E-state index contributed by atoms with van der Waals surface area (Å²) in [5, 5.41) is 11.4. The van der Waals surface area contributed by atoms with E-state index in [-0.39, 0.29) is 18.0 Å². The number of benzene rings is 1. The third-order valence-electron chi connectivity index (χ3n) is 3.07. The van der Waals surface area contributed by atoms with Crippen LogP contribution in [0.4, 0.5) is 16.2 Å². The van der Waals surface area contributed by atoms with Gasteiger partial charge in [0, 0.05) is 19.1 Å². The largest absolute Gasteiger partial charge is 0.366 e. The van der Waals surface area contributed by atoms with Crippen molar-refractivity contribution in [1.82, 2.24) is 10.6 Å². The maximum absolute atomic E-state index is 12.2. The van der Waals surface area contributed by atoms with E-state index in [4.69, 9.17) is 4.74 Å². The van der Waals surface area contributed by atoms with E-state index in [9.17, 15) is 9.59 Å². The molecule has 4 N–H and O–H groups in total. The van der Waals surface area contributed by atoms with Crippen LogP contribution in [-0.4, -0.2) is 43.8 Å². The molecule has 1 aliphatic heterocycles. The van der Waals surface area contributed by atoms with Crippen LogP contribution in [0.5, 0.6) is 0 Å². The molecule has 22 heavy (non-hydrogen) atoms. The van der Waals surface area contributed by atoms with Crippen LogP contribution in [0.1, 0.15) is 13.8 Å². The van der Waals surface area contributed by atoms with Gasteiger partial charge in [-0.25, -0.2) is 4.79 Å². The smallest absolute Gasteiger partial charge is 0.319 e. The summed E-state index contributed by atoms with van der Waals surface area (Å²) in [6, 6.07) is 6.77.